The van der Waals surface area contributed by atoms with E-state index in [-0.39, 0.29) is 0 Å². The van der Waals surface area contributed by atoms with E-state index in [9.17, 15) is 0 Å². The molecule has 0 spiro atoms. The first-order valence-electron chi connectivity index (χ1n) is 16.6. The van der Waals surface area contributed by atoms with E-state index in [1.807, 2.05) is 30.3 Å². The number of benzene rings is 8. The van der Waals surface area contributed by atoms with Gasteiger partial charge in [-0.25, -0.2) is 0 Å². The summed E-state index contributed by atoms with van der Waals surface area (Å²) in [5, 5.41) is 6.82. The van der Waals surface area contributed by atoms with Gasteiger partial charge in [0.2, 0.25) is 0 Å². The number of rotatable bonds is 5. The SMILES string of the molecule is c1cc(-c2cccc(N(c3cccc4c3oc3ccccc34)c3cccc4oc5ccccc5c34)c2)cc(-c2cccc3ccccc23)c1. The number of fused-ring (bicyclic) bond motifs is 7. The van der Waals surface area contributed by atoms with Crippen molar-refractivity contribution in [2.45, 2.75) is 0 Å². The molecule has 8 aromatic carbocycles. The van der Waals surface area contributed by atoms with E-state index in [2.05, 4.69) is 150 Å². The van der Waals surface area contributed by atoms with Crippen LogP contribution in [-0.4, -0.2) is 0 Å². The molecule has 0 bridgehead atoms. The van der Waals surface area contributed by atoms with Crippen LogP contribution in [0.25, 0.3) is 76.9 Å². The Balaban J connectivity index is 1.20. The van der Waals surface area contributed by atoms with Crippen molar-refractivity contribution in [3.63, 3.8) is 0 Å². The Morgan fingerprint density at radius 3 is 1.86 bits per heavy atom. The Hall–Kier alpha value is -6.58. The smallest absolute Gasteiger partial charge is 0.159 e. The third-order valence-electron chi connectivity index (χ3n) is 9.65. The molecule has 49 heavy (non-hydrogen) atoms. The number of hydrogen-bond acceptors (Lipinski definition) is 3. The number of hydrogen-bond donors (Lipinski definition) is 0. The van der Waals surface area contributed by atoms with Gasteiger partial charge in [-0.2, -0.15) is 0 Å². The van der Waals surface area contributed by atoms with Gasteiger partial charge in [0.15, 0.2) is 5.58 Å². The van der Waals surface area contributed by atoms with Crippen LogP contribution in [0.3, 0.4) is 0 Å². The molecule has 0 N–H and O–H groups in total. The Labute approximate surface area is 282 Å². The average Bonchev–Trinajstić information content (AvgIpc) is 3.74. The fourth-order valence-corrected chi connectivity index (χ4v) is 7.43. The van der Waals surface area contributed by atoms with Crippen LogP contribution < -0.4 is 4.90 Å². The van der Waals surface area contributed by atoms with Gasteiger partial charge in [-0.1, -0.05) is 127 Å². The van der Waals surface area contributed by atoms with E-state index in [0.717, 1.165) is 72.1 Å². The van der Waals surface area contributed by atoms with Gasteiger partial charge in [-0.3, -0.25) is 0 Å². The van der Waals surface area contributed by atoms with Crippen molar-refractivity contribution in [3.8, 4) is 22.3 Å². The van der Waals surface area contributed by atoms with Gasteiger partial charge in [0.25, 0.3) is 0 Å². The summed E-state index contributed by atoms with van der Waals surface area (Å²) in [5.74, 6) is 0. The monoisotopic (exact) mass is 627 g/mol. The third kappa shape index (κ3) is 4.44. The zero-order valence-electron chi connectivity index (χ0n) is 26.5. The number of nitrogens with zero attached hydrogens (tertiary/aromatic N) is 1. The summed E-state index contributed by atoms with van der Waals surface area (Å²) < 4.78 is 13.0. The summed E-state index contributed by atoms with van der Waals surface area (Å²) in [7, 11) is 0. The second-order valence-corrected chi connectivity index (χ2v) is 12.5. The Kier molecular flexibility index (Phi) is 6.18. The first-order valence-corrected chi connectivity index (χ1v) is 16.6. The van der Waals surface area contributed by atoms with Crippen LogP contribution in [0, 0.1) is 0 Å². The summed E-state index contributed by atoms with van der Waals surface area (Å²) in [6.45, 7) is 0. The minimum absolute atomic E-state index is 0.844. The summed E-state index contributed by atoms with van der Waals surface area (Å²) in [5.41, 5.74) is 11.2. The minimum atomic E-state index is 0.844. The second kappa shape index (κ2) is 11.0. The summed E-state index contributed by atoms with van der Waals surface area (Å²) >= 11 is 0. The molecule has 3 heteroatoms. The fourth-order valence-electron chi connectivity index (χ4n) is 7.43. The van der Waals surface area contributed by atoms with Gasteiger partial charge >= 0.3 is 0 Å². The molecule has 2 aromatic heterocycles. The molecule has 230 valence electrons. The standard InChI is InChI=1S/C46H29NO2/c1-2-18-35-30(12-1)13-9-21-36(35)33-16-7-14-31(28-33)32-15-8-17-34(29-32)47(40-23-11-27-44-45(40)39-20-4-6-26-43(39)48-44)41-24-10-22-38-37-19-3-5-25-42(37)49-46(38)41/h1-29H. The van der Waals surface area contributed by atoms with Crippen LogP contribution in [0.2, 0.25) is 0 Å². The van der Waals surface area contributed by atoms with Crippen molar-refractivity contribution in [1.82, 2.24) is 0 Å². The topological polar surface area (TPSA) is 29.5 Å². The highest BCUT2D eigenvalue weighted by Crippen LogP contribution is 2.47. The molecule has 0 saturated carbocycles. The summed E-state index contributed by atoms with van der Waals surface area (Å²) in [6.07, 6.45) is 0. The van der Waals surface area contributed by atoms with Gasteiger partial charge in [-0.05, 0) is 81.6 Å². The number of furan rings is 2. The van der Waals surface area contributed by atoms with Gasteiger partial charge in [0.1, 0.15) is 16.7 Å². The first-order chi connectivity index (χ1) is 24.3. The number of para-hydroxylation sites is 3. The molecule has 0 amide bonds. The predicted molar refractivity (Wildman–Crippen MR) is 204 cm³/mol. The van der Waals surface area contributed by atoms with Crippen LogP contribution in [0.15, 0.2) is 185 Å². The highest BCUT2D eigenvalue weighted by atomic mass is 16.3. The van der Waals surface area contributed by atoms with Crippen LogP contribution in [0.1, 0.15) is 0 Å². The fraction of sp³-hybridized carbons (Fsp3) is 0. The van der Waals surface area contributed by atoms with Crippen molar-refractivity contribution >= 4 is 71.7 Å². The molecule has 0 aliphatic rings. The lowest BCUT2D eigenvalue weighted by Crippen LogP contribution is -2.10. The summed E-state index contributed by atoms with van der Waals surface area (Å²) in [6, 6.07) is 62.0. The zero-order chi connectivity index (χ0) is 32.3. The molecule has 0 fully saturated rings. The maximum absolute atomic E-state index is 6.64. The molecule has 0 atom stereocenters. The summed E-state index contributed by atoms with van der Waals surface area (Å²) in [4.78, 5) is 2.33. The number of anilines is 3. The average molecular weight is 628 g/mol. The maximum Gasteiger partial charge on any atom is 0.159 e. The van der Waals surface area contributed by atoms with E-state index >= 15 is 0 Å². The van der Waals surface area contributed by atoms with Crippen molar-refractivity contribution in [3.05, 3.63) is 176 Å². The largest absolute Gasteiger partial charge is 0.456 e. The second-order valence-electron chi connectivity index (χ2n) is 12.5. The molecular weight excluding hydrogens is 599 g/mol. The van der Waals surface area contributed by atoms with Crippen molar-refractivity contribution in [2.24, 2.45) is 0 Å². The van der Waals surface area contributed by atoms with Gasteiger partial charge in [-0.15, -0.1) is 0 Å². The third-order valence-corrected chi connectivity index (χ3v) is 9.65. The van der Waals surface area contributed by atoms with Crippen molar-refractivity contribution in [1.29, 1.82) is 0 Å². The van der Waals surface area contributed by atoms with E-state index in [0.29, 0.717) is 0 Å². The zero-order valence-corrected chi connectivity index (χ0v) is 26.5. The molecule has 0 unspecified atom stereocenters. The van der Waals surface area contributed by atoms with Crippen LogP contribution in [0.5, 0.6) is 0 Å². The molecule has 0 aliphatic carbocycles. The lowest BCUT2D eigenvalue weighted by molar-refractivity contribution is 0.668. The van der Waals surface area contributed by atoms with E-state index in [1.54, 1.807) is 0 Å². The molecule has 0 aliphatic heterocycles. The van der Waals surface area contributed by atoms with E-state index in [1.165, 1.54) is 21.9 Å². The molecule has 10 rings (SSSR count). The van der Waals surface area contributed by atoms with Crippen LogP contribution >= 0.6 is 0 Å². The molecule has 10 aromatic rings. The molecule has 3 nitrogen and oxygen atoms in total. The Bertz CT molecular complexity index is 2850. The van der Waals surface area contributed by atoms with Gasteiger partial charge in [0, 0.05) is 21.8 Å². The molecule has 2 heterocycles. The minimum Gasteiger partial charge on any atom is -0.456 e. The molecular formula is C46H29NO2. The maximum atomic E-state index is 6.64. The lowest BCUT2D eigenvalue weighted by atomic mass is 9.95. The normalized spacial score (nSPS) is 11.7. The Morgan fingerprint density at radius 2 is 0.959 bits per heavy atom. The quantitative estimate of drug-likeness (QED) is 0.190. The highest BCUT2D eigenvalue weighted by Gasteiger charge is 2.23. The van der Waals surface area contributed by atoms with Gasteiger partial charge < -0.3 is 13.7 Å². The van der Waals surface area contributed by atoms with Crippen molar-refractivity contribution < 1.29 is 8.83 Å². The van der Waals surface area contributed by atoms with E-state index < -0.39 is 0 Å². The first kappa shape index (κ1) is 27.5. The van der Waals surface area contributed by atoms with Crippen molar-refractivity contribution in [2.75, 3.05) is 4.90 Å². The Morgan fingerprint density at radius 1 is 0.367 bits per heavy atom. The van der Waals surface area contributed by atoms with Gasteiger partial charge in [0.05, 0.1) is 16.8 Å². The molecule has 0 radical (unpaired) electrons. The predicted octanol–water partition coefficient (Wildman–Crippen LogP) is 13.4. The van der Waals surface area contributed by atoms with Crippen LogP contribution in [0.4, 0.5) is 17.1 Å². The lowest BCUT2D eigenvalue weighted by Gasteiger charge is -2.26. The van der Waals surface area contributed by atoms with Crippen LogP contribution in [-0.2, 0) is 0 Å². The van der Waals surface area contributed by atoms with E-state index in [4.69, 9.17) is 8.83 Å². The molecule has 0 saturated heterocycles. The highest BCUT2D eigenvalue weighted by molar-refractivity contribution is 6.16.